The summed E-state index contributed by atoms with van der Waals surface area (Å²) in [5.74, 6) is -2.02. The van der Waals surface area contributed by atoms with Gasteiger partial charge in [0.1, 0.15) is 11.9 Å². The van der Waals surface area contributed by atoms with Crippen LogP contribution in [0.1, 0.15) is 41.5 Å². The van der Waals surface area contributed by atoms with E-state index < -0.39 is 29.6 Å². The van der Waals surface area contributed by atoms with Gasteiger partial charge in [-0.3, -0.25) is 0 Å². The smallest absolute Gasteiger partial charge is 0.434 e. The lowest BCUT2D eigenvalue weighted by Crippen LogP contribution is -2.31. The largest absolute Gasteiger partial charge is 0.465 e. The van der Waals surface area contributed by atoms with Crippen LogP contribution in [0.2, 0.25) is 0 Å². The van der Waals surface area contributed by atoms with Crippen molar-refractivity contribution in [1.82, 2.24) is 15.5 Å². The van der Waals surface area contributed by atoms with Gasteiger partial charge >= 0.3 is 11.8 Å². The Balaban J connectivity index is 2.50. The Labute approximate surface area is 125 Å². The second kappa shape index (κ2) is 6.00. The van der Waals surface area contributed by atoms with Crippen molar-refractivity contribution in [2.45, 2.75) is 32.7 Å². The molecule has 2 atom stereocenters. The Kier molecular flexibility index (Phi) is 4.30. The first-order valence-corrected chi connectivity index (χ1v) is 6.61. The van der Waals surface area contributed by atoms with Crippen LogP contribution in [-0.2, 0) is 0 Å². The van der Waals surface area contributed by atoms with Crippen LogP contribution >= 0.6 is 0 Å². The highest BCUT2D eigenvalue weighted by Crippen LogP contribution is 2.34. The van der Waals surface area contributed by atoms with Crippen molar-refractivity contribution >= 4 is 6.09 Å². The molecular formula is C14H16FN3O4. The third kappa shape index (κ3) is 3.00. The summed E-state index contributed by atoms with van der Waals surface area (Å²) in [6.07, 6.45) is -1.33. The van der Waals surface area contributed by atoms with Crippen LogP contribution in [-0.4, -0.2) is 21.4 Å². The number of aryl methyl sites for hydroxylation is 1. The molecule has 0 saturated heterocycles. The topological polar surface area (TPSA) is 108 Å². The van der Waals surface area contributed by atoms with Gasteiger partial charge in [-0.05, 0) is 36.6 Å². The highest BCUT2D eigenvalue weighted by molar-refractivity contribution is 5.65. The maximum atomic E-state index is 14.2. The average molecular weight is 309 g/mol. The van der Waals surface area contributed by atoms with Crippen LogP contribution in [0.3, 0.4) is 0 Å². The lowest BCUT2D eigenvalue weighted by molar-refractivity contribution is 0.184. The van der Waals surface area contributed by atoms with E-state index in [1.54, 1.807) is 19.9 Å². The third-order valence-corrected chi connectivity index (χ3v) is 3.69. The van der Waals surface area contributed by atoms with Crippen molar-refractivity contribution in [1.29, 1.82) is 0 Å². The summed E-state index contributed by atoms with van der Waals surface area (Å²) >= 11 is 0. The van der Waals surface area contributed by atoms with Crippen LogP contribution in [0.4, 0.5) is 9.18 Å². The summed E-state index contributed by atoms with van der Waals surface area (Å²) in [6.45, 7) is 5.22. The molecule has 2 rings (SSSR count). The van der Waals surface area contributed by atoms with Gasteiger partial charge in [0.2, 0.25) is 5.89 Å². The van der Waals surface area contributed by atoms with Gasteiger partial charge in [0.15, 0.2) is 0 Å². The maximum absolute atomic E-state index is 14.2. The molecule has 3 N–H and O–H groups in total. The van der Waals surface area contributed by atoms with Gasteiger partial charge < -0.3 is 14.8 Å². The SMILES string of the molecule is Cc1ccc(F)c([C@@H](C)[C@H](NC(=O)O)c2n[nH]c(=O)o2)c1C. The quantitative estimate of drug-likeness (QED) is 0.802. The van der Waals surface area contributed by atoms with E-state index in [4.69, 9.17) is 9.52 Å². The molecule has 1 heterocycles. The number of amides is 1. The monoisotopic (exact) mass is 309 g/mol. The summed E-state index contributed by atoms with van der Waals surface area (Å²) in [5.41, 5.74) is 1.94. The van der Waals surface area contributed by atoms with Crippen LogP contribution in [0, 0.1) is 19.7 Å². The van der Waals surface area contributed by atoms with Gasteiger partial charge in [-0.1, -0.05) is 13.0 Å². The van der Waals surface area contributed by atoms with Gasteiger partial charge in [0, 0.05) is 5.92 Å². The van der Waals surface area contributed by atoms with Gasteiger partial charge in [-0.25, -0.2) is 19.1 Å². The maximum Gasteiger partial charge on any atom is 0.434 e. The minimum Gasteiger partial charge on any atom is -0.465 e. The number of H-pyrrole nitrogens is 1. The first-order chi connectivity index (χ1) is 10.3. The molecule has 1 aromatic carbocycles. The number of nitrogens with one attached hydrogen (secondary N) is 2. The summed E-state index contributed by atoms with van der Waals surface area (Å²) in [4.78, 5) is 22.1. The zero-order valence-electron chi connectivity index (χ0n) is 12.3. The lowest BCUT2D eigenvalue weighted by atomic mass is 9.87. The van der Waals surface area contributed by atoms with E-state index in [1.165, 1.54) is 6.07 Å². The molecule has 22 heavy (non-hydrogen) atoms. The van der Waals surface area contributed by atoms with Crippen LogP contribution in [0.15, 0.2) is 21.3 Å². The summed E-state index contributed by atoms with van der Waals surface area (Å²) < 4.78 is 19.0. The average Bonchev–Trinajstić information content (AvgIpc) is 2.86. The number of carboxylic acid groups (broad SMARTS) is 1. The number of benzene rings is 1. The minimum absolute atomic E-state index is 0.139. The second-order valence-corrected chi connectivity index (χ2v) is 5.07. The fourth-order valence-electron chi connectivity index (χ4n) is 2.44. The molecule has 1 amide bonds. The van der Waals surface area contributed by atoms with Gasteiger partial charge in [0.25, 0.3) is 0 Å². The number of hydrogen-bond acceptors (Lipinski definition) is 4. The predicted octanol–water partition coefficient (Wildman–Crippen LogP) is 2.23. The van der Waals surface area contributed by atoms with Crippen molar-refractivity contribution in [3.8, 4) is 0 Å². The Bertz CT molecular complexity index is 753. The molecule has 8 heteroatoms. The summed E-state index contributed by atoms with van der Waals surface area (Å²) in [7, 11) is 0. The van der Waals surface area contributed by atoms with Crippen molar-refractivity contribution in [3.05, 3.63) is 51.1 Å². The van der Waals surface area contributed by atoms with Gasteiger partial charge in [0.05, 0.1) is 0 Å². The Morgan fingerprint density at radius 3 is 2.68 bits per heavy atom. The zero-order valence-corrected chi connectivity index (χ0v) is 12.3. The zero-order chi connectivity index (χ0) is 16.4. The number of carbonyl (C=O) groups is 1. The van der Waals surface area contributed by atoms with E-state index in [9.17, 15) is 14.0 Å². The molecule has 0 bridgehead atoms. The summed E-state index contributed by atoms with van der Waals surface area (Å²) in [6, 6.07) is 1.98. The molecule has 0 aliphatic carbocycles. The molecular weight excluding hydrogens is 293 g/mol. The van der Waals surface area contributed by atoms with Gasteiger partial charge in [-0.2, -0.15) is 0 Å². The van der Waals surface area contributed by atoms with Crippen molar-refractivity contribution in [3.63, 3.8) is 0 Å². The Morgan fingerprint density at radius 2 is 2.14 bits per heavy atom. The van der Waals surface area contributed by atoms with Gasteiger partial charge in [-0.15, -0.1) is 5.10 Å². The van der Waals surface area contributed by atoms with Crippen LogP contribution in [0.5, 0.6) is 0 Å². The number of aromatic amines is 1. The standard InChI is InChI=1S/C14H16FN3O4/c1-6-4-5-9(15)10(7(6)2)8(3)11(16-13(19)20)12-17-18-14(21)22-12/h4-5,8,11,16H,1-3H3,(H,18,21)(H,19,20)/t8-,11+/m1/s1. The Hall–Kier alpha value is -2.64. The summed E-state index contributed by atoms with van der Waals surface area (Å²) in [5, 5.41) is 16.9. The molecule has 2 aromatic rings. The third-order valence-electron chi connectivity index (χ3n) is 3.69. The number of aromatic nitrogens is 2. The van der Waals surface area contributed by atoms with E-state index in [1.807, 2.05) is 6.92 Å². The normalized spacial score (nSPS) is 13.6. The second-order valence-electron chi connectivity index (χ2n) is 5.07. The van der Waals surface area contributed by atoms with E-state index in [0.29, 0.717) is 11.1 Å². The molecule has 0 aliphatic heterocycles. The molecule has 0 saturated carbocycles. The molecule has 7 nitrogen and oxygen atoms in total. The van der Waals surface area contributed by atoms with Crippen molar-refractivity contribution in [2.24, 2.45) is 0 Å². The first kappa shape index (κ1) is 15.7. The molecule has 0 spiro atoms. The minimum atomic E-state index is -1.33. The Morgan fingerprint density at radius 1 is 1.45 bits per heavy atom. The first-order valence-electron chi connectivity index (χ1n) is 6.61. The van der Waals surface area contributed by atoms with E-state index in [2.05, 4.69) is 15.5 Å². The molecule has 118 valence electrons. The number of halogens is 1. The molecule has 0 aliphatic rings. The fraction of sp³-hybridized carbons (Fsp3) is 0.357. The van der Waals surface area contributed by atoms with Crippen LogP contribution < -0.4 is 11.1 Å². The van der Waals surface area contributed by atoms with Crippen molar-refractivity contribution < 1.29 is 18.7 Å². The van der Waals surface area contributed by atoms with E-state index in [0.717, 1.165) is 5.56 Å². The fourth-order valence-corrected chi connectivity index (χ4v) is 2.44. The highest BCUT2D eigenvalue weighted by atomic mass is 19.1. The molecule has 0 radical (unpaired) electrons. The number of hydrogen-bond donors (Lipinski definition) is 3. The van der Waals surface area contributed by atoms with E-state index in [-0.39, 0.29) is 5.89 Å². The molecule has 1 aromatic heterocycles. The molecule has 0 fully saturated rings. The molecule has 0 unspecified atom stereocenters. The number of nitrogens with zero attached hydrogens (tertiary/aromatic N) is 1. The van der Waals surface area contributed by atoms with Crippen molar-refractivity contribution in [2.75, 3.05) is 0 Å². The number of rotatable bonds is 4. The lowest BCUT2D eigenvalue weighted by Gasteiger charge is -2.23. The predicted molar refractivity (Wildman–Crippen MR) is 75.3 cm³/mol. The van der Waals surface area contributed by atoms with E-state index >= 15 is 0 Å². The highest BCUT2D eigenvalue weighted by Gasteiger charge is 2.30. The van der Waals surface area contributed by atoms with Crippen LogP contribution in [0.25, 0.3) is 0 Å².